The van der Waals surface area contributed by atoms with Gasteiger partial charge < -0.3 is 10.2 Å². The quantitative estimate of drug-likeness (QED) is 0.532. The molecular weight excluding hydrogens is 374 g/mol. The van der Waals surface area contributed by atoms with Gasteiger partial charge >= 0.3 is 0 Å². The number of hydrogen-bond acceptors (Lipinski definition) is 6. The molecule has 7 nitrogen and oxygen atoms in total. The van der Waals surface area contributed by atoms with Gasteiger partial charge in [0.05, 0.1) is 11.9 Å². The van der Waals surface area contributed by atoms with Gasteiger partial charge in [0.15, 0.2) is 11.6 Å². The van der Waals surface area contributed by atoms with Gasteiger partial charge in [-0.3, -0.25) is 15.1 Å². The Bertz CT molecular complexity index is 1070. The van der Waals surface area contributed by atoms with Crippen LogP contribution in [0.5, 0.6) is 0 Å². The summed E-state index contributed by atoms with van der Waals surface area (Å²) >= 11 is 0. The molecule has 1 saturated heterocycles. The van der Waals surface area contributed by atoms with Crippen LogP contribution >= 0.6 is 0 Å². The Morgan fingerprint density at radius 3 is 2.40 bits per heavy atom. The van der Waals surface area contributed by atoms with Crippen molar-refractivity contribution < 1.29 is 0 Å². The number of piperidine rings is 1. The van der Waals surface area contributed by atoms with Crippen LogP contribution < -0.4 is 10.2 Å². The molecule has 150 valence electrons. The Balaban J connectivity index is 1.45. The number of hydrogen-bond donors (Lipinski definition) is 2. The lowest BCUT2D eigenvalue weighted by Crippen LogP contribution is -2.48. The van der Waals surface area contributed by atoms with E-state index in [0.717, 1.165) is 48.7 Å². The number of benzene rings is 1. The van der Waals surface area contributed by atoms with Crippen LogP contribution in [0.15, 0.2) is 79.4 Å². The van der Waals surface area contributed by atoms with Crippen molar-refractivity contribution in [2.45, 2.75) is 18.4 Å². The first kappa shape index (κ1) is 18.3. The summed E-state index contributed by atoms with van der Waals surface area (Å²) in [4.78, 5) is 15.6. The molecular formula is C23H23N7. The molecule has 0 spiro atoms. The van der Waals surface area contributed by atoms with Crippen molar-refractivity contribution in [2.75, 3.05) is 23.3 Å². The third-order valence-electron chi connectivity index (χ3n) is 5.66. The summed E-state index contributed by atoms with van der Waals surface area (Å²) < 4.78 is 0. The Labute approximate surface area is 175 Å². The smallest absolute Gasteiger partial charge is 0.181 e. The normalized spacial score (nSPS) is 15.7. The summed E-state index contributed by atoms with van der Waals surface area (Å²) in [6, 6.07) is 18.2. The molecule has 0 amide bonds. The minimum absolute atomic E-state index is 0.321. The van der Waals surface area contributed by atoms with Gasteiger partial charge in [0, 0.05) is 42.9 Å². The molecule has 1 aliphatic heterocycles. The fourth-order valence-electron chi connectivity index (χ4n) is 4.01. The second-order valence-electron chi connectivity index (χ2n) is 7.51. The predicted octanol–water partition coefficient (Wildman–Crippen LogP) is 3.87. The van der Waals surface area contributed by atoms with Crippen LogP contribution in [0.1, 0.15) is 18.7 Å². The van der Waals surface area contributed by atoms with Gasteiger partial charge in [-0.1, -0.05) is 18.2 Å². The molecule has 5 rings (SSSR count). The van der Waals surface area contributed by atoms with Crippen LogP contribution in [0, 0.1) is 0 Å². The number of anilines is 2. The van der Waals surface area contributed by atoms with E-state index >= 15 is 0 Å². The number of aromatic amines is 1. The first-order chi connectivity index (χ1) is 14.8. The average Bonchev–Trinajstić information content (AvgIpc) is 3.33. The lowest BCUT2D eigenvalue weighted by molar-refractivity contribution is 0.357. The molecule has 4 aromatic rings. The maximum absolute atomic E-state index is 4.88. The number of nitrogens with zero attached hydrogens (tertiary/aromatic N) is 5. The van der Waals surface area contributed by atoms with E-state index < -0.39 is 0 Å². The summed E-state index contributed by atoms with van der Waals surface area (Å²) in [5.41, 5.74) is 2.86. The van der Waals surface area contributed by atoms with E-state index in [1.165, 1.54) is 0 Å². The summed E-state index contributed by atoms with van der Waals surface area (Å²) in [7, 11) is 0. The minimum atomic E-state index is -0.321. The van der Waals surface area contributed by atoms with E-state index in [4.69, 9.17) is 4.98 Å². The summed E-state index contributed by atoms with van der Waals surface area (Å²) in [6.07, 6.45) is 9.03. The third kappa shape index (κ3) is 3.61. The van der Waals surface area contributed by atoms with Crippen molar-refractivity contribution >= 4 is 11.4 Å². The van der Waals surface area contributed by atoms with Gasteiger partial charge in [-0.05, 0) is 49.2 Å². The van der Waals surface area contributed by atoms with Crippen LogP contribution in [-0.2, 0) is 5.54 Å². The molecule has 0 unspecified atom stereocenters. The zero-order valence-electron chi connectivity index (χ0n) is 16.6. The summed E-state index contributed by atoms with van der Waals surface area (Å²) in [5.74, 6) is 1.56. The van der Waals surface area contributed by atoms with Gasteiger partial charge in [-0.25, -0.2) is 4.98 Å². The van der Waals surface area contributed by atoms with Crippen molar-refractivity contribution in [3.8, 4) is 11.4 Å². The molecule has 4 heterocycles. The first-order valence-electron chi connectivity index (χ1n) is 10.1. The van der Waals surface area contributed by atoms with E-state index in [9.17, 15) is 0 Å². The summed E-state index contributed by atoms with van der Waals surface area (Å²) in [6.45, 7) is 1.80. The molecule has 1 aliphatic rings. The highest BCUT2D eigenvalue weighted by atomic mass is 15.3. The van der Waals surface area contributed by atoms with E-state index in [1.54, 1.807) is 12.4 Å². The Kier molecular flexibility index (Phi) is 4.85. The second kappa shape index (κ2) is 7.94. The maximum Gasteiger partial charge on any atom is 0.181 e. The lowest BCUT2D eigenvalue weighted by Gasteiger charge is -2.42. The van der Waals surface area contributed by atoms with Crippen molar-refractivity contribution in [3.05, 3.63) is 85.2 Å². The van der Waals surface area contributed by atoms with Gasteiger partial charge in [0.25, 0.3) is 0 Å². The first-order valence-corrected chi connectivity index (χ1v) is 10.1. The molecule has 0 aliphatic carbocycles. The van der Waals surface area contributed by atoms with Crippen molar-refractivity contribution in [3.63, 3.8) is 0 Å². The number of nitrogens with one attached hydrogen (secondary N) is 2. The van der Waals surface area contributed by atoms with Crippen molar-refractivity contribution in [1.82, 2.24) is 25.1 Å². The Morgan fingerprint density at radius 2 is 1.67 bits per heavy atom. The van der Waals surface area contributed by atoms with E-state index in [0.29, 0.717) is 5.82 Å². The highest BCUT2D eigenvalue weighted by Gasteiger charge is 2.39. The van der Waals surface area contributed by atoms with Gasteiger partial charge in [0.2, 0.25) is 0 Å². The zero-order valence-corrected chi connectivity index (χ0v) is 16.6. The van der Waals surface area contributed by atoms with Gasteiger partial charge in [0.1, 0.15) is 5.54 Å². The monoisotopic (exact) mass is 397 g/mol. The number of rotatable bonds is 5. The molecule has 0 saturated carbocycles. The van der Waals surface area contributed by atoms with Crippen LogP contribution in [-0.4, -0.2) is 38.2 Å². The van der Waals surface area contributed by atoms with Gasteiger partial charge in [-0.2, -0.15) is 5.10 Å². The number of para-hydroxylation sites is 1. The summed E-state index contributed by atoms with van der Waals surface area (Å²) in [5, 5.41) is 11.5. The molecule has 0 bridgehead atoms. The lowest BCUT2D eigenvalue weighted by atomic mass is 9.86. The third-order valence-corrected chi connectivity index (χ3v) is 5.66. The van der Waals surface area contributed by atoms with Crippen LogP contribution in [0.2, 0.25) is 0 Å². The second-order valence-corrected chi connectivity index (χ2v) is 7.51. The van der Waals surface area contributed by atoms with Crippen molar-refractivity contribution in [1.29, 1.82) is 0 Å². The molecule has 1 fully saturated rings. The number of pyridine rings is 2. The number of aromatic nitrogens is 5. The molecule has 7 heteroatoms. The average molecular weight is 397 g/mol. The molecule has 2 N–H and O–H groups in total. The fraction of sp³-hybridized carbons (Fsp3) is 0.217. The Hall–Kier alpha value is -3.74. The molecule has 0 radical (unpaired) electrons. The van der Waals surface area contributed by atoms with Crippen LogP contribution in [0.3, 0.4) is 0 Å². The van der Waals surface area contributed by atoms with Gasteiger partial charge in [-0.15, -0.1) is 0 Å². The Morgan fingerprint density at radius 1 is 0.867 bits per heavy atom. The predicted molar refractivity (Wildman–Crippen MR) is 117 cm³/mol. The fourth-order valence-corrected chi connectivity index (χ4v) is 4.01. The van der Waals surface area contributed by atoms with E-state index in [1.807, 2.05) is 48.8 Å². The van der Waals surface area contributed by atoms with Crippen LogP contribution in [0.25, 0.3) is 11.4 Å². The number of H-pyrrole nitrogens is 1. The van der Waals surface area contributed by atoms with E-state index in [-0.39, 0.29) is 5.54 Å². The SMILES string of the molecule is c1ccc(NC2(c3nc(-c4ccncc4)n[nH]3)CCN(c3cccnc3)CC2)cc1. The topological polar surface area (TPSA) is 82.6 Å². The molecule has 30 heavy (non-hydrogen) atoms. The molecule has 0 atom stereocenters. The minimum Gasteiger partial charge on any atom is -0.373 e. The zero-order chi connectivity index (χ0) is 20.2. The van der Waals surface area contributed by atoms with E-state index in [2.05, 4.69) is 48.6 Å². The highest BCUT2D eigenvalue weighted by Crippen LogP contribution is 2.36. The molecule has 1 aromatic carbocycles. The standard InChI is InChI=1S/C23H23N7/c1-2-5-19(6-3-1)27-23(10-15-30(16-11-23)20-7-4-12-25-17-20)22-26-21(28-29-22)18-8-13-24-14-9-18/h1-9,12-14,17,27H,10-11,15-16H2,(H,26,28,29). The molecule has 3 aromatic heterocycles. The largest absolute Gasteiger partial charge is 0.373 e. The van der Waals surface area contributed by atoms with Crippen molar-refractivity contribution in [2.24, 2.45) is 0 Å². The van der Waals surface area contributed by atoms with Crippen LogP contribution in [0.4, 0.5) is 11.4 Å². The maximum atomic E-state index is 4.88. The highest BCUT2D eigenvalue weighted by molar-refractivity contribution is 5.54.